The van der Waals surface area contributed by atoms with E-state index in [1.807, 2.05) is 6.92 Å². The van der Waals surface area contributed by atoms with E-state index >= 15 is 0 Å². The molecule has 0 saturated heterocycles. The Morgan fingerprint density at radius 2 is 2.00 bits per heavy atom. The molecule has 0 spiro atoms. The molecule has 0 bridgehead atoms. The molecular formula is C20H33BrO. The second-order valence-electron chi connectivity index (χ2n) is 8.74. The normalized spacial score (nSPS) is 40.6. The van der Waals surface area contributed by atoms with E-state index in [4.69, 9.17) is 0 Å². The third kappa shape index (κ3) is 3.11. The first-order valence-electron chi connectivity index (χ1n) is 8.72. The van der Waals surface area contributed by atoms with Crippen molar-refractivity contribution in [3.8, 4) is 0 Å². The average Bonchev–Trinajstić information content (AvgIpc) is 2.42. The summed E-state index contributed by atoms with van der Waals surface area (Å²) in [7, 11) is 0. The molecule has 2 saturated carbocycles. The lowest BCUT2D eigenvalue weighted by Gasteiger charge is -2.59. The van der Waals surface area contributed by atoms with Crippen molar-refractivity contribution < 1.29 is 5.11 Å². The van der Waals surface area contributed by atoms with Gasteiger partial charge in [-0.3, -0.25) is 0 Å². The Morgan fingerprint density at radius 3 is 2.59 bits per heavy atom. The molecule has 0 aliphatic heterocycles. The standard InChI is InChI=1S/C20H33BrO/c1-7-19(5,22)12-10-15-14(2)8-9-16-18(3,4)17(21)11-13-20(15,16)6/h7,15-17,22H,1-2,8-13H2,3-6H3/t15-,16?,17+,19+,20-/m0/s1. The molecule has 0 aromatic carbocycles. The van der Waals surface area contributed by atoms with E-state index in [-0.39, 0.29) is 0 Å². The minimum absolute atomic E-state index is 0.320. The molecule has 2 fully saturated rings. The van der Waals surface area contributed by atoms with Crippen molar-refractivity contribution in [2.75, 3.05) is 0 Å². The second-order valence-corrected chi connectivity index (χ2v) is 9.84. The van der Waals surface area contributed by atoms with E-state index in [2.05, 4.69) is 49.9 Å². The van der Waals surface area contributed by atoms with Gasteiger partial charge < -0.3 is 5.11 Å². The smallest absolute Gasteiger partial charge is 0.0797 e. The number of aliphatic hydroxyl groups is 1. The number of hydrogen-bond donors (Lipinski definition) is 1. The largest absolute Gasteiger partial charge is 0.386 e. The highest BCUT2D eigenvalue weighted by Crippen LogP contribution is 2.63. The van der Waals surface area contributed by atoms with E-state index in [0.717, 1.165) is 25.2 Å². The summed E-state index contributed by atoms with van der Waals surface area (Å²) in [5.41, 5.74) is 1.29. The van der Waals surface area contributed by atoms with Gasteiger partial charge >= 0.3 is 0 Å². The lowest BCUT2D eigenvalue weighted by molar-refractivity contribution is -0.0531. The molecule has 2 heteroatoms. The Labute approximate surface area is 145 Å². The fraction of sp³-hybridized carbons (Fsp3) is 0.800. The van der Waals surface area contributed by atoms with Gasteiger partial charge in [0, 0.05) is 4.83 Å². The van der Waals surface area contributed by atoms with Crippen LogP contribution in [0.3, 0.4) is 0 Å². The van der Waals surface area contributed by atoms with Gasteiger partial charge in [0.25, 0.3) is 0 Å². The maximum Gasteiger partial charge on any atom is 0.0797 e. The van der Waals surface area contributed by atoms with Gasteiger partial charge in [-0.25, -0.2) is 0 Å². The van der Waals surface area contributed by atoms with E-state index < -0.39 is 5.60 Å². The molecule has 2 aliphatic carbocycles. The summed E-state index contributed by atoms with van der Waals surface area (Å²) < 4.78 is 0. The van der Waals surface area contributed by atoms with Crippen LogP contribution in [0.25, 0.3) is 0 Å². The lowest BCUT2D eigenvalue weighted by Crippen LogP contribution is -2.53. The second kappa shape index (κ2) is 6.09. The van der Waals surface area contributed by atoms with E-state index in [9.17, 15) is 5.11 Å². The summed E-state index contributed by atoms with van der Waals surface area (Å²) in [6, 6.07) is 0. The van der Waals surface area contributed by atoms with Gasteiger partial charge in [-0.2, -0.15) is 0 Å². The van der Waals surface area contributed by atoms with Gasteiger partial charge in [0.15, 0.2) is 0 Å². The van der Waals surface area contributed by atoms with Crippen LogP contribution < -0.4 is 0 Å². The summed E-state index contributed by atoms with van der Waals surface area (Å²) in [5.74, 6) is 1.25. The summed E-state index contributed by atoms with van der Waals surface area (Å²) in [5, 5.41) is 10.3. The number of allylic oxidation sites excluding steroid dienone is 1. The topological polar surface area (TPSA) is 20.2 Å². The Hall–Kier alpha value is -0.0800. The minimum atomic E-state index is -0.758. The zero-order valence-corrected chi connectivity index (χ0v) is 16.4. The Kier molecular flexibility index (Phi) is 5.06. The molecule has 126 valence electrons. The molecule has 5 atom stereocenters. The van der Waals surface area contributed by atoms with Crippen LogP contribution in [-0.2, 0) is 0 Å². The van der Waals surface area contributed by atoms with Crippen LogP contribution in [0.4, 0.5) is 0 Å². The zero-order valence-electron chi connectivity index (χ0n) is 14.8. The third-order valence-corrected chi connectivity index (χ3v) is 8.50. The van der Waals surface area contributed by atoms with E-state index in [0.29, 0.717) is 21.6 Å². The van der Waals surface area contributed by atoms with Crippen molar-refractivity contribution in [2.45, 2.75) is 76.6 Å². The first-order valence-corrected chi connectivity index (χ1v) is 9.64. The van der Waals surface area contributed by atoms with Crippen LogP contribution in [0.2, 0.25) is 0 Å². The monoisotopic (exact) mass is 368 g/mol. The maximum absolute atomic E-state index is 10.3. The van der Waals surface area contributed by atoms with Gasteiger partial charge in [-0.1, -0.05) is 54.9 Å². The molecule has 0 heterocycles. The predicted octanol–water partition coefficient (Wildman–Crippen LogP) is 5.88. The van der Waals surface area contributed by atoms with Crippen molar-refractivity contribution >= 4 is 15.9 Å². The summed E-state index contributed by atoms with van der Waals surface area (Å²) in [6.45, 7) is 17.4. The summed E-state index contributed by atoms with van der Waals surface area (Å²) in [4.78, 5) is 0.612. The van der Waals surface area contributed by atoms with Crippen LogP contribution >= 0.6 is 15.9 Å². The lowest BCUT2D eigenvalue weighted by atomic mass is 9.47. The van der Waals surface area contributed by atoms with Gasteiger partial charge in [0.2, 0.25) is 0 Å². The number of alkyl halides is 1. The SMILES string of the molecule is C=C[C@@](C)(O)CC[C@H]1C(=C)CCC2C(C)(C)[C@H](Br)CC[C@]21C. The Bertz CT molecular complexity index is 451. The molecule has 0 radical (unpaired) electrons. The van der Waals surface area contributed by atoms with Crippen LogP contribution in [0.5, 0.6) is 0 Å². The van der Waals surface area contributed by atoms with Crippen molar-refractivity contribution in [3.63, 3.8) is 0 Å². The van der Waals surface area contributed by atoms with Gasteiger partial charge in [-0.15, -0.1) is 6.58 Å². The number of hydrogen-bond acceptors (Lipinski definition) is 1. The van der Waals surface area contributed by atoms with E-state index in [1.54, 1.807) is 6.08 Å². The predicted molar refractivity (Wildman–Crippen MR) is 99.2 cm³/mol. The highest BCUT2D eigenvalue weighted by Gasteiger charge is 2.55. The molecule has 0 aromatic heterocycles. The highest BCUT2D eigenvalue weighted by atomic mass is 79.9. The molecule has 22 heavy (non-hydrogen) atoms. The molecule has 1 nitrogen and oxygen atoms in total. The minimum Gasteiger partial charge on any atom is -0.386 e. The molecule has 2 rings (SSSR count). The fourth-order valence-electron chi connectivity index (χ4n) is 5.21. The Balaban J connectivity index is 2.25. The van der Waals surface area contributed by atoms with Crippen LogP contribution in [0.1, 0.15) is 66.2 Å². The molecule has 1 N–H and O–H groups in total. The van der Waals surface area contributed by atoms with E-state index in [1.165, 1.54) is 24.8 Å². The molecule has 1 unspecified atom stereocenters. The van der Waals surface area contributed by atoms with Crippen LogP contribution in [0.15, 0.2) is 24.8 Å². The first kappa shape index (κ1) is 18.3. The van der Waals surface area contributed by atoms with Crippen molar-refractivity contribution in [1.29, 1.82) is 0 Å². The average molecular weight is 369 g/mol. The van der Waals surface area contributed by atoms with Crippen LogP contribution in [0, 0.1) is 22.7 Å². The number of halogens is 1. The van der Waals surface area contributed by atoms with Gasteiger partial charge in [0.05, 0.1) is 5.60 Å². The quantitative estimate of drug-likeness (QED) is 0.485. The summed E-state index contributed by atoms with van der Waals surface area (Å²) >= 11 is 3.94. The molecular weight excluding hydrogens is 336 g/mol. The fourth-order valence-corrected chi connectivity index (χ4v) is 5.76. The molecule has 0 amide bonds. The number of fused-ring (bicyclic) bond motifs is 1. The van der Waals surface area contributed by atoms with Crippen LogP contribution in [-0.4, -0.2) is 15.5 Å². The first-order chi connectivity index (χ1) is 10.0. The number of rotatable bonds is 4. The Morgan fingerprint density at radius 1 is 1.36 bits per heavy atom. The van der Waals surface area contributed by atoms with Gasteiger partial charge in [-0.05, 0) is 68.1 Å². The zero-order chi connectivity index (χ0) is 16.8. The van der Waals surface area contributed by atoms with Gasteiger partial charge in [0.1, 0.15) is 0 Å². The maximum atomic E-state index is 10.3. The van der Waals surface area contributed by atoms with Crippen molar-refractivity contribution in [1.82, 2.24) is 0 Å². The third-order valence-electron chi connectivity index (χ3n) is 6.86. The summed E-state index contributed by atoms with van der Waals surface area (Å²) in [6.07, 6.45) is 8.38. The van der Waals surface area contributed by atoms with Crippen molar-refractivity contribution in [2.24, 2.45) is 22.7 Å². The highest BCUT2D eigenvalue weighted by molar-refractivity contribution is 9.09. The molecule has 2 aliphatic rings. The molecule has 0 aromatic rings. The van der Waals surface area contributed by atoms with Crippen molar-refractivity contribution in [3.05, 3.63) is 24.8 Å².